The zero-order valence-electron chi connectivity index (χ0n) is 21.5. The van der Waals surface area contributed by atoms with Crippen LogP contribution in [0.15, 0.2) is 69.9 Å². The van der Waals surface area contributed by atoms with Gasteiger partial charge in [-0.3, -0.25) is 14.4 Å². The number of rotatable bonds is 5. The van der Waals surface area contributed by atoms with E-state index in [1.54, 1.807) is 54.6 Å². The molecule has 38 heavy (non-hydrogen) atoms. The summed E-state index contributed by atoms with van der Waals surface area (Å²) >= 11 is 0. The van der Waals surface area contributed by atoms with Gasteiger partial charge >= 0.3 is 0 Å². The van der Waals surface area contributed by atoms with Gasteiger partial charge in [0.1, 0.15) is 11.4 Å². The number of aryl methyl sites for hydroxylation is 2. The van der Waals surface area contributed by atoms with Crippen LogP contribution < -0.4 is 10.3 Å². The van der Waals surface area contributed by atoms with E-state index in [1.165, 1.54) is 15.9 Å². The van der Waals surface area contributed by atoms with Crippen molar-refractivity contribution in [3.05, 3.63) is 110 Å². The van der Waals surface area contributed by atoms with E-state index in [2.05, 4.69) is 0 Å². The Kier molecular flexibility index (Phi) is 5.49. The molecule has 1 aromatic heterocycles. The Morgan fingerprint density at radius 2 is 1.66 bits per heavy atom. The Labute approximate surface area is 219 Å². The van der Waals surface area contributed by atoms with Gasteiger partial charge in [0.05, 0.1) is 23.2 Å². The van der Waals surface area contributed by atoms with Gasteiger partial charge in [-0.25, -0.2) is 4.39 Å². The first-order valence-electron chi connectivity index (χ1n) is 12.9. The van der Waals surface area contributed by atoms with E-state index in [4.69, 9.17) is 4.42 Å². The predicted octanol–water partition coefficient (Wildman–Crippen LogP) is 5.60. The van der Waals surface area contributed by atoms with Crippen LogP contribution in [0.1, 0.15) is 58.1 Å². The van der Waals surface area contributed by atoms with Crippen molar-refractivity contribution in [2.45, 2.75) is 45.7 Å². The van der Waals surface area contributed by atoms with E-state index in [0.717, 1.165) is 17.5 Å². The van der Waals surface area contributed by atoms with E-state index < -0.39 is 28.6 Å². The van der Waals surface area contributed by atoms with Crippen LogP contribution in [0.5, 0.6) is 0 Å². The van der Waals surface area contributed by atoms with Gasteiger partial charge in [0.15, 0.2) is 11.0 Å². The number of benzene rings is 3. The summed E-state index contributed by atoms with van der Waals surface area (Å²) in [5, 5.41) is 0.328. The number of halogens is 1. The molecule has 2 amide bonds. The number of hydrogen-bond acceptors (Lipinski definition) is 4. The Hall–Kier alpha value is -4.26. The van der Waals surface area contributed by atoms with Crippen molar-refractivity contribution in [1.29, 1.82) is 0 Å². The minimum atomic E-state index is -1.68. The Morgan fingerprint density at radius 3 is 2.42 bits per heavy atom. The minimum absolute atomic E-state index is 0.0351. The van der Waals surface area contributed by atoms with E-state index in [1.807, 2.05) is 20.8 Å². The van der Waals surface area contributed by atoms with Crippen LogP contribution in [0.25, 0.3) is 11.0 Å². The summed E-state index contributed by atoms with van der Waals surface area (Å²) in [4.78, 5) is 45.8. The number of carbonyl (C=O) groups excluding carboxylic acids is 2. The van der Waals surface area contributed by atoms with Gasteiger partial charge in [-0.2, -0.15) is 0 Å². The molecule has 1 atom stereocenters. The van der Waals surface area contributed by atoms with E-state index in [-0.39, 0.29) is 24.4 Å². The number of nitrogens with zero attached hydrogens (tertiary/aromatic N) is 2. The van der Waals surface area contributed by atoms with Crippen molar-refractivity contribution in [2.75, 3.05) is 11.4 Å². The second-order valence-corrected chi connectivity index (χ2v) is 10.1. The Bertz CT molecular complexity index is 1710. The van der Waals surface area contributed by atoms with Crippen LogP contribution in [0.4, 0.5) is 10.1 Å². The number of unbranched alkanes of at least 4 members (excludes halogenated alkanes) is 1. The molecule has 6 nitrogen and oxygen atoms in total. The highest BCUT2D eigenvalue weighted by Crippen LogP contribution is 2.53. The first kappa shape index (κ1) is 24.1. The summed E-state index contributed by atoms with van der Waals surface area (Å²) < 4.78 is 20.8. The monoisotopic (exact) mass is 510 g/mol. The highest BCUT2D eigenvalue weighted by atomic mass is 19.1. The summed E-state index contributed by atoms with van der Waals surface area (Å²) in [6, 6.07) is 16.9. The number of anilines is 1. The summed E-state index contributed by atoms with van der Waals surface area (Å²) in [5.41, 5.74) is 1.54. The molecule has 0 radical (unpaired) electrons. The molecule has 2 aliphatic rings. The SMILES string of the molecule is CCCCN1C(=O)c2oc3cc(C)c(C)cc3c(=O)c2C12C(=O)N(Cc1ccccc1F)c1ccccc12. The maximum atomic E-state index is 14.7. The molecule has 0 aliphatic carbocycles. The van der Waals surface area contributed by atoms with Crippen LogP contribution in [0.3, 0.4) is 0 Å². The molecule has 0 N–H and O–H groups in total. The quantitative estimate of drug-likeness (QED) is 0.351. The molecule has 7 heteroatoms. The molecule has 0 saturated heterocycles. The first-order valence-corrected chi connectivity index (χ1v) is 12.9. The smallest absolute Gasteiger partial charge is 0.291 e. The third-order valence-electron chi connectivity index (χ3n) is 7.87. The summed E-state index contributed by atoms with van der Waals surface area (Å²) in [7, 11) is 0. The lowest BCUT2D eigenvalue weighted by molar-refractivity contribution is -0.126. The molecule has 1 unspecified atom stereocenters. The number of hydrogen-bond donors (Lipinski definition) is 0. The van der Waals surface area contributed by atoms with Gasteiger partial charge < -0.3 is 14.2 Å². The largest absolute Gasteiger partial charge is 0.450 e. The van der Waals surface area contributed by atoms with Crippen molar-refractivity contribution < 1.29 is 18.4 Å². The van der Waals surface area contributed by atoms with Crippen LogP contribution in [-0.2, 0) is 16.9 Å². The topological polar surface area (TPSA) is 70.8 Å². The fourth-order valence-electron chi connectivity index (χ4n) is 5.82. The molecule has 3 heterocycles. The second kappa shape index (κ2) is 8.65. The molecule has 3 aromatic carbocycles. The number of para-hydroxylation sites is 1. The first-order chi connectivity index (χ1) is 18.3. The second-order valence-electron chi connectivity index (χ2n) is 10.1. The third kappa shape index (κ3) is 3.14. The van der Waals surface area contributed by atoms with Crippen molar-refractivity contribution in [1.82, 2.24) is 4.90 Å². The van der Waals surface area contributed by atoms with Gasteiger partial charge in [0.25, 0.3) is 11.8 Å². The summed E-state index contributed by atoms with van der Waals surface area (Å²) in [5.74, 6) is -1.47. The number of amides is 2. The zero-order chi connectivity index (χ0) is 26.8. The molecule has 0 saturated carbocycles. The molecular weight excluding hydrogens is 483 g/mol. The van der Waals surface area contributed by atoms with Crippen molar-refractivity contribution >= 4 is 28.5 Å². The van der Waals surface area contributed by atoms with Crippen LogP contribution >= 0.6 is 0 Å². The fourth-order valence-corrected chi connectivity index (χ4v) is 5.82. The lowest BCUT2D eigenvalue weighted by Crippen LogP contribution is -2.53. The van der Waals surface area contributed by atoms with Crippen molar-refractivity contribution in [3.8, 4) is 0 Å². The van der Waals surface area contributed by atoms with Gasteiger partial charge in [0, 0.05) is 17.7 Å². The fraction of sp³-hybridized carbons (Fsp3) is 0.258. The summed E-state index contributed by atoms with van der Waals surface area (Å²) in [6.07, 6.45) is 1.42. The summed E-state index contributed by atoms with van der Waals surface area (Å²) in [6.45, 7) is 6.05. The standard InChI is InChI=1S/C31H27FN2O4/c1-4-5-14-34-29(36)28-26(27(35)21-15-18(2)19(3)16-25(21)38-28)31(34)22-11-7-9-13-24(22)33(30(31)37)17-20-10-6-8-12-23(20)32/h6-13,15-16H,4-5,14,17H2,1-3H3. The van der Waals surface area contributed by atoms with Gasteiger partial charge in [0.2, 0.25) is 5.76 Å². The maximum absolute atomic E-state index is 14.7. The molecule has 4 aromatic rings. The average molecular weight is 511 g/mol. The molecule has 6 rings (SSSR count). The Morgan fingerprint density at radius 1 is 0.947 bits per heavy atom. The number of carbonyl (C=O) groups is 2. The predicted molar refractivity (Wildman–Crippen MR) is 143 cm³/mol. The van der Waals surface area contributed by atoms with E-state index >= 15 is 0 Å². The zero-order valence-corrected chi connectivity index (χ0v) is 21.5. The van der Waals surface area contributed by atoms with E-state index in [9.17, 15) is 18.8 Å². The minimum Gasteiger partial charge on any atom is -0.450 e. The van der Waals surface area contributed by atoms with Crippen LogP contribution in [0.2, 0.25) is 0 Å². The highest BCUT2D eigenvalue weighted by molar-refractivity contribution is 6.17. The van der Waals surface area contributed by atoms with Gasteiger partial charge in [-0.05, 0) is 55.7 Å². The molecule has 1 spiro atoms. The maximum Gasteiger partial charge on any atom is 0.291 e. The molecule has 192 valence electrons. The normalized spacial score (nSPS) is 18.1. The van der Waals surface area contributed by atoms with Crippen molar-refractivity contribution in [3.63, 3.8) is 0 Å². The third-order valence-corrected chi connectivity index (χ3v) is 7.87. The van der Waals surface area contributed by atoms with Gasteiger partial charge in [-0.1, -0.05) is 49.7 Å². The Balaban J connectivity index is 1.66. The van der Waals surface area contributed by atoms with Crippen molar-refractivity contribution in [2.24, 2.45) is 0 Å². The van der Waals surface area contributed by atoms with Crippen LogP contribution in [0, 0.1) is 19.7 Å². The molecule has 0 bridgehead atoms. The lowest BCUT2D eigenvalue weighted by atomic mass is 9.83. The lowest BCUT2D eigenvalue weighted by Gasteiger charge is -2.34. The highest BCUT2D eigenvalue weighted by Gasteiger charge is 2.64. The van der Waals surface area contributed by atoms with Crippen LogP contribution in [-0.4, -0.2) is 23.3 Å². The molecule has 2 aliphatic heterocycles. The van der Waals surface area contributed by atoms with Gasteiger partial charge in [-0.15, -0.1) is 0 Å². The number of fused-ring (bicyclic) bond motifs is 5. The molecule has 0 fully saturated rings. The van der Waals surface area contributed by atoms with E-state index in [0.29, 0.717) is 34.2 Å². The average Bonchev–Trinajstić information content (AvgIpc) is 3.30. The molecular formula is C31H27FN2O4.